The van der Waals surface area contributed by atoms with Gasteiger partial charge in [-0.05, 0) is 12.1 Å². The molecule has 2 heterocycles. The number of alkyl halides is 1. The number of rotatable bonds is 3. The molecule has 27 heavy (non-hydrogen) atoms. The summed E-state index contributed by atoms with van der Waals surface area (Å²) in [4.78, 5) is 17.5. The third kappa shape index (κ3) is 3.20. The van der Waals surface area contributed by atoms with E-state index < -0.39 is 4.92 Å². The maximum Gasteiger partial charge on any atom is 0.270 e. The molecular weight excluding hydrogens is 389 g/mol. The van der Waals surface area contributed by atoms with Crippen LogP contribution in [0.25, 0.3) is 0 Å². The molecular formula is C18H13Cl2N5O2. The summed E-state index contributed by atoms with van der Waals surface area (Å²) in [6, 6.07) is 12.0. The van der Waals surface area contributed by atoms with Crippen molar-refractivity contribution in [3.63, 3.8) is 0 Å². The fraction of sp³-hybridized carbons (Fsp3) is 0.167. The van der Waals surface area contributed by atoms with Gasteiger partial charge in [0.2, 0.25) is 0 Å². The van der Waals surface area contributed by atoms with Crippen LogP contribution in [-0.2, 0) is 0 Å². The molecule has 136 valence electrons. The number of benzene rings is 2. The summed E-state index contributed by atoms with van der Waals surface area (Å²) in [5.41, 5.74) is 3.37. The first-order valence-electron chi connectivity index (χ1n) is 8.12. The van der Waals surface area contributed by atoms with Gasteiger partial charge in [0, 0.05) is 28.3 Å². The van der Waals surface area contributed by atoms with E-state index in [-0.39, 0.29) is 18.1 Å². The van der Waals surface area contributed by atoms with Gasteiger partial charge in [-0.2, -0.15) is 5.10 Å². The number of nitro groups is 1. The zero-order valence-electron chi connectivity index (χ0n) is 14.0. The summed E-state index contributed by atoms with van der Waals surface area (Å²) in [5, 5.41) is 20.2. The number of amidine groups is 1. The van der Waals surface area contributed by atoms with Gasteiger partial charge in [-0.25, -0.2) is 0 Å². The average Bonchev–Trinajstić information content (AvgIpc) is 2.84. The number of aliphatic imine (C=N–C) groups is 1. The number of nitro benzene ring substituents is 1. The van der Waals surface area contributed by atoms with Crippen molar-refractivity contribution in [2.75, 3.05) is 23.9 Å². The molecule has 0 aromatic heterocycles. The third-order valence-electron chi connectivity index (χ3n) is 4.36. The molecule has 2 aliphatic heterocycles. The van der Waals surface area contributed by atoms with E-state index >= 15 is 0 Å². The van der Waals surface area contributed by atoms with E-state index in [4.69, 9.17) is 23.2 Å². The SMILES string of the molecule is O=[N+]([O-])c1ccc2c(c1)C(c1ccccc1Cl)=NCC1=NN=C(CCl)CN12. The van der Waals surface area contributed by atoms with Gasteiger partial charge >= 0.3 is 0 Å². The molecule has 0 saturated heterocycles. The molecule has 0 saturated carbocycles. The van der Waals surface area contributed by atoms with Crippen molar-refractivity contribution in [2.24, 2.45) is 15.2 Å². The van der Waals surface area contributed by atoms with E-state index in [0.29, 0.717) is 40.0 Å². The van der Waals surface area contributed by atoms with E-state index in [9.17, 15) is 10.1 Å². The number of hydrogen-bond acceptors (Lipinski definition) is 6. The number of anilines is 1. The number of nitrogens with zero attached hydrogens (tertiary/aromatic N) is 5. The van der Waals surface area contributed by atoms with Crippen LogP contribution in [0.1, 0.15) is 11.1 Å². The van der Waals surface area contributed by atoms with Gasteiger partial charge < -0.3 is 4.90 Å². The highest BCUT2D eigenvalue weighted by atomic mass is 35.5. The minimum atomic E-state index is -0.424. The molecule has 0 spiro atoms. The lowest BCUT2D eigenvalue weighted by Gasteiger charge is -2.27. The van der Waals surface area contributed by atoms with E-state index in [1.807, 2.05) is 23.1 Å². The van der Waals surface area contributed by atoms with E-state index in [1.54, 1.807) is 12.1 Å². The van der Waals surface area contributed by atoms with E-state index in [1.165, 1.54) is 12.1 Å². The molecule has 4 rings (SSSR count). The lowest BCUT2D eigenvalue weighted by molar-refractivity contribution is -0.384. The fourth-order valence-electron chi connectivity index (χ4n) is 3.08. The average molecular weight is 402 g/mol. The molecule has 0 aliphatic carbocycles. The Labute approximate surface area is 164 Å². The Morgan fingerprint density at radius 1 is 1.15 bits per heavy atom. The minimum Gasteiger partial charge on any atom is -0.320 e. The van der Waals surface area contributed by atoms with Crippen molar-refractivity contribution in [1.29, 1.82) is 0 Å². The summed E-state index contributed by atoms with van der Waals surface area (Å²) >= 11 is 12.3. The van der Waals surface area contributed by atoms with Gasteiger partial charge in [-0.3, -0.25) is 15.1 Å². The highest BCUT2D eigenvalue weighted by Gasteiger charge is 2.29. The highest BCUT2D eigenvalue weighted by molar-refractivity contribution is 6.36. The van der Waals surface area contributed by atoms with Crippen molar-refractivity contribution in [2.45, 2.75) is 0 Å². The lowest BCUT2D eigenvalue weighted by atomic mass is 9.99. The van der Waals surface area contributed by atoms with Gasteiger partial charge in [0.05, 0.1) is 41.0 Å². The molecule has 7 nitrogen and oxygen atoms in total. The topological polar surface area (TPSA) is 83.5 Å². The molecule has 2 aromatic rings. The second-order valence-corrected chi connectivity index (χ2v) is 6.68. The van der Waals surface area contributed by atoms with Crippen LogP contribution in [0.3, 0.4) is 0 Å². The molecule has 9 heteroatoms. The molecule has 0 N–H and O–H groups in total. The fourth-order valence-corrected chi connectivity index (χ4v) is 3.44. The van der Waals surface area contributed by atoms with Crippen molar-refractivity contribution in [1.82, 2.24) is 0 Å². The molecule has 0 atom stereocenters. The van der Waals surface area contributed by atoms with Crippen LogP contribution in [-0.4, -0.2) is 41.2 Å². The Balaban J connectivity index is 1.93. The smallest absolute Gasteiger partial charge is 0.270 e. The van der Waals surface area contributed by atoms with E-state index in [2.05, 4.69) is 15.2 Å². The zero-order valence-corrected chi connectivity index (χ0v) is 15.5. The van der Waals surface area contributed by atoms with Crippen LogP contribution in [0.4, 0.5) is 11.4 Å². The summed E-state index contributed by atoms with van der Waals surface area (Å²) in [6.07, 6.45) is 0. The van der Waals surface area contributed by atoms with Crippen molar-refractivity contribution in [3.8, 4) is 0 Å². The van der Waals surface area contributed by atoms with Crippen LogP contribution >= 0.6 is 23.2 Å². The predicted molar refractivity (Wildman–Crippen MR) is 108 cm³/mol. The molecule has 0 bridgehead atoms. The molecule has 2 aliphatic rings. The summed E-state index contributed by atoms with van der Waals surface area (Å²) in [7, 11) is 0. The Kier molecular flexibility index (Phi) is 4.63. The minimum absolute atomic E-state index is 0.0165. The number of hydrogen-bond donors (Lipinski definition) is 0. The Morgan fingerprint density at radius 2 is 1.96 bits per heavy atom. The number of fused-ring (bicyclic) bond motifs is 3. The molecule has 0 unspecified atom stereocenters. The van der Waals surface area contributed by atoms with Crippen LogP contribution in [0.15, 0.2) is 57.7 Å². The largest absolute Gasteiger partial charge is 0.320 e. The van der Waals surface area contributed by atoms with Gasteiger partial charge in [-0.1, -0.05) is 29.8 Å². The van der Waals surface area contributed by atoms with Gasteiger partial charge in [0.1, 0.15) is 0 Å². The molecule has 0 amide bonds. The number of non-ortho nitro benzene ring substituents is 1. The Bertz CT molecular complexity index is 1030. The van der Waals surface area contributed by atoms with Crippen LogP contribution < -0.4 is 4.90 Å². The second-order valence-electron chi connectivity index (χ2n) is 6.01. The zero-order chi connectivity index (χ0) is 19.0. The maximum absolute atomic E-state index is 11.3. The highest BCUT2D eigenvalue weighted by Crippen LogP contribution is 2.33. The van der Waals surface area contributed by atoms with Crippen LogP contribution in [0.2, 0.25) is 5.02 Å². The third-order valence-corrected chi connectivity index (χ3v) is 5.00. The summed E-state index contributed by atoms with van der Waals surface area (Å²) in [5.74, 6) is 0.911. The Hall–Kier alpha value is -2.77. The van der Waals surface area contributed by atoms with Gasteiger partial charge in [-0.15, -0.1) is 16.7 Å². The van der Waals surface area contributed by atoms with Crippen LogP contribution in [0.5, 0.6) is 0 Å². The monoisotopic (exact) mass is 401 g/mol. The molecule has 2 aromatic carbocycles. The molecule has 0 fully saturated rings. The first kappa shape index (κ1) is 17.6. The van der Waals surface area contributed by atoms with Gasteiger partial charge in [0.25, 0.3) is 5.69 Å². The van der Waals surface area contributed by atoms with Crippen molar-refractivity contribution in [3.05, 3.63) is 68.7 Å². The first-order chi connectivity index (χ1) is 13.1. The molecule has 0 radical (unpaired) electrons. The quantitative estimate of drug-likeness (QED) is 0.443. The summed E-state index contributed by atoms with van der Waals surface area (Å²) < 4.78 is 0. The summed E-state index contributed by atoms with van der Waals surface area (Å²) in [6.45, 7) is 0.737. The lowest BCUT2D eigenvalue weighted by Crippen LogP contribution is -2.40. The standard InChI is InChI=1S/C18H13Cl2N5O2/c19-8-11-10-24-16-6-5-12(25(26)27)7-14(16)18(21-9-17(24)23-22-11)13-3-1-2-4-15(13)20/h1-7H,8-10H2. The number of halogens is 2. The van der Waals surface area contributed by atoms with E-state index in [0.717, 1.165) is 5.69 Å². The van der Waals surface area contributed by atoms with Crippen molar-refractivity contribution >= 4 is 51.8 Å². The van der Waals surface area contributed by atoms with Crippen molar-refractivity contribution < 1.29 is 4.92 Å². The second kappa shape index (κ2) is 7.09. The normalized spacial score (nSPS) is 15.8. The van der Waals surface area contributed by atoms with Crippen LogP contribution in [0, 0.1) is 10.1 Å². The van der Waals surface area contributed by atoms with Gasteiger partial charge in [0.15, 0.2) is 5.84 Å². The predicted octanol–water partition coefficient (Wildman–Crippen LogP) is 3.91. The Morgan fingerprint density at radius 3 is 2.70 bits per heavy atom. The maximum atomic E-state index is 11.3. The first-order valence-corrected chi connectivity index (χ1v) is 9.03.